The molecular formula is C10H15N7O. The first-order valence-electron chi connectivity index (χ1n) is 5.90. The molecule has 0 aliphatic carbocycles. The molecule has 2 N–H and O–H groups in total. The quantitative estimate of drug-likeness (QED) is 0.734. The van der Waals surface area contributed by atoms with Gasteiger partial charge in [0.15, 0.2) is 11.5 Å². The van der Waals surface area contributed by atoms with Crippen LogP contribution in [0, 0.1) is 0 Å². The van der Waals surface area contributed by atoms with Crippen molar-refractivity contribution in [1.82, 2.24) is 25.0 Å². The Morgan fingerprint density at radius 3 is 3.22 bits per heavy atom. The highest BCUT2D eigenvalue weighted by Crippen LogP contribution is 2.17. The molecule has 0 aromatic carbocycles. The molecular weight excluding hydrogens is 234 g/mol. The van der Waals surface area contributed by atoms with Crippen LogP contribution in [-0.4, -0.2) is 56.9 Å². The molecule has 2 atom stereocenters. The second-order valence-corrected chi connectivity index (χ2v) is 4.43. The third-order valence-electron chi connectivity index (χ3n) is 3.09. The van der Waals surface area contributed by atoms with Crippen molar-refractivity contribution in [1.29, 1.82) is 0 Å². The maximum atomic E-state index is 5.89. The summed E-state index contributed by atoms with van der Waals surface area (Å²) < 4.78 is 7.31. The normalized spacial score (nSPS) is 22.3. The molecule has 0 saturated carbocycles. The minimum atomic E-state index is -0.00571. The highest BCUT2D eigenvalue weighted by atomic mass is 16.5. The zero-order valence-electron chi connectivity index (χ0n) is 10.1. The van der Waals surface area contributed by atoms with Gasteiger partial charge in [0.05, 0.1) is 25.1 Å². The van der Waals surface area contributed by atoms with Crippen molar-refractivity contribution >= 4 is 11.5 Å². The van der Waals surface area contributed by atoms with Crippen LogP contribution in [0.5, 0.6) is 0 Å². The van der Waals surface area contributed by atoms with Crippen molar-refractivity contribution in [2.24, 2.45) is 5.73 Å². The van der Waals surface area contributed by atoms with Crippen LogP contribution in [0.2, 0.25) is 0 Å². The molecule has 2 aromatic rings. The third-order valence-corrected chi connectivity index (χ3v) is 3.09. The molecule has 1 aliphatic rings. The highest BCUT2D eigenvalue weighted by molar-refractivity contribution is 5.46. The topological polar surface area (TPSA) is 94.5 Å². The van der Waals surface area contributed by atoms with E-state index in [9.17, 15) is 0 Å². The van der Waals surface area contributed by atoms with E-state index >= 15 is 0 Å². The fourth-order valence-corrected chi connectivity index (χ4v) is 2.08. The number of aromatic nitrogens is 5. The van der Waals surface area contributed by atoms with Gasteiger partial charge >= 0.3 is 0 Å². The molecule has 96 valence electrons. The molecule has 8 heteroatoms. The molecule has 0 bridgehead atoms. The number of rotatable bonds is 2. The van der Waals surface area contributed by atoms with Crippen LogP contribution in [0.15, 0.2) is 12.4 Å². The number of anilines is 1. The van der Waals surface area contributed by atoms with Crippen LogP contribution in [0.1, 0.15) is 6.92 Å². The van der Waals surface area contributed by atoms with Crippen molar-refractivity contribution in [3.63, 3.8) is 0 Å². The van der Waals surface area contributed by atoms with Crippen molar-refractivity contribution in [2.75, 3.05) is 24.6 Å². The third kappa shape index (κ3) is 1.89. The molecule has 0 radical (unpaired) electrons. The fourth-order valence-electron chi connectivity index (χ4n) is 2.08. The Kier molecular flexibility index (Phi) is 2.80. The summed E-state index contributed by atoms with van der Waals surface area (Å²) in [6.07, 6.45) is 3.41. The zero-order chi connectivity index (χ0) is 12.5. The van der Waals surface area contributed by atoms with Crippen LogP contribution in [0.4, 0.5) is 5.82 Å². The lowest BCUT2D eigenvalue weighted by Gasteiger charge is -2.35. The summed E-state index contributed by atoms with van der Waals surface area (Å²) in [6, 6.07) is -0.00571. The summed E-state index contributed by atoms with van der Waals surface area (Å²) in [5.74, 6) is 0.867. The number of morpholine rings is 1. The van der Waals surface area contributed by atoms with Crippen LogP contribution in [0.25, 0.3) is 5.65 Å². The van der Waals surface area contributed by atoms with E-state index in [2.05, 4.69) is 25.4 Å². The average Bonchev–Trinajstić information content (AvgIpc) is 2.87. The summed E-state index contributed by atoms with van der Waals surface area (Å²) in [6.45, 7) is 4.09. The minimum absolute atomic E-state index is 0.00571. The minimum Gasteiger partial charge on any atom is -0.373 e. The van der Waals surface area contributed by atoms with Gasteiger partial charge in [0.2, 0.25) is 0 Å². The Hall–Kier alpha value is -1.80. The van der Waals surface area contributed by atoms with Gasteiger partial charge < -0.3 is 15.4 Å². The number of hydrogen-bond acceptors (Lipinski definition) is 7. The maximum absolute atomic E-state index is 5.89. The number of tetrazole rings is 1. The first-order chi connectivity index (χ1) is 8.75. The molecule has 0 amide bonds. The molecule has 3 heterocycles. The largest absolute Gasteiger partial charge is 0.373 e. The lowest BCUT2D eigenvalue weighted by Crippen LogP contribution is -2.50. The average molecular weight is 249 g/mol. The Morgan fingerprint density at radius 2 is 2.39 bits per heavy atom. The number of hydrogen-bond donors (Lipinski definition) is 1. The van der Waals surface area contributed by atoms with Crippen molar-refractivity contribution in [3.8, 4) is 0 Å². The number of nitrogens with zero attached hydrogens (tertiary/aromatic N) is 6. The van der Waals surface area contributed by atoms with E-state index in [1.165, 1.54) is 0 Å². The van der Waals surface area contributed by atoms with E-state index in [1.54, 1.807) is 16.9 Å². The zero-order valence-corrected chi connectivity index (χ0v) is 10.1. The van der Waals surface area contributed by atoms with Gasteiger partial charge in [-0.15, -0.1) is 5.10 Å². The molecule has 3 rings (SSSR count). The van der Waals surface area contributed by atoms with Gasteiger partial charge in [-0.25, -0.2) is 0 Å². The number of ether oxygens (including phenoxy) is 1. The lowest BCUT2D eigenvalue weighted by molar-refractivity contribution is 0.0272. The summed E-state index contributed by atoms with van der Waals surface area (Å²) in [5.41, 5.74) is 6.52. The first-order valence-corrected chi connectivity index (χ1v) is 5.90. The van der Waals surface area contributed by atoms with Gasteiger partial charge in [-0.3, -0.25) is 4.98 Å². The van der Waals surface area contributed by atoms with Crippen molar-refractivity contribution < 1.29 is 4.74 Å². The molecule has 1 fully saturated rings. The standard InChI is InChI=1S/C10H15N7O/c1-7(11)8-6-16(2-3-18-8)10-5-12-4-9-13-14-15-17(9)10/h4-5,7-8H,2-3,6,11H2,1H3. The lowest BCUT2D eigenvalue weighted by atomic mass is 10.1. The van der Waals surface area contributed by atoms with Crippen molar-refractivity contribution in [3.05, 3.63) is 12.4 Å². The summed E-state index contributed by atoms with van der Waals surface area (Å²) in [4.78, 5) is 6.30. The number of nitrogens with two attached hydrogens (primary N) is 1. The van der Waals surface area contributed by atoms with Crippen LogP contribution < -0.4 is 10.6 Å². The number of fused-ring (bicyclic) bond motifs is 1. The van der Waals surface area contributed by atoms with Gasteiger partial charge in [-0.2, -0.15) is 4.52 Å². The second kappa shape index (κ2) is 4.46. The summed E-state index contributed by atoms with van der Waals surface area (Å²) in [7, 11) is 0. The predicted molar refractivity (Wildman–Crippen MR) is 64.2 cm³/mol. The Morgan fingerprint density at radius 1 is 1.50 bits per heavy atom. The van der Waals surface area contributed by atoms with E-state index in [0.29, 0.717) is 12.3 Å². The molecule has 8 nitrogen and oxygen atoms in total. The van der Waals surface area contributed by atoms with Gasteiger partial charge in [0, 0.05) is 19.1 Å². The van der Waals surface area contributed by atoms with E-state index < -0.39 is 0 Å². The Labute approximate surface area is 104 Å². The molecule has 2 unspecified atom stereocenters. The monoisotopic (exact) mass is 249 g/mol. The maximum Gasteiger partial charge on any atom is 0.199 e. The van der Waals surface area contributed by atoms with Gasteiger partial charge in [0.25, 0.3) is 0 Å². The van der Waals surface area contributed by atoms with Gasteiger partial charge in [-0.1, -0.05) is 0 Å². The SMILES string of the molecule is CC(N)C1CN(c2cncc3nnnn23)CCO1. The second-order valence-electron chi connectivity index (χ2n) is 4.43. The highest BCUT2D eigenvalue weighted by Gasteiger charge is 2.25. The molecule has 18 heavy (non-hydrogen) atoms. The van der Waals surface area contributed by atoms with E-state index in [1.807, 2.05) is 6.92 Å². The summed E-state index contributed by atoms with van der Waals surface area (Å²) >= 11 is 0. The molecule has 1 saturated heterocycles. The van der Waals surface area contributed by atoms with E-state index in [0.717, 1.165) is 18.9 Å². The van der Waals surface area contributed by atoms with Crippen molar-refractivity contribution in [2.45, 2.75) is 19.1 Å². The van der Waals surface area contributed by atoms with Crippen LogP contribution in [-0.2, 0) is 4.74 Å². The Balaban J connectivity index is 1.92. The summed E-state index contributed by atoms with van der Waals surface area (Å²) in [5, 5.41) is 11.5. The molecule has 2 aromatic heterocycles. The van der Waals surface area contributed by atoms with Crippen LogP contribution >= 0.6 is 0 Å². The van der Waals surface area contributed by atoms with Gasteiger partial charge in [-0.05, 0) is 17.4 Å². The van der Waals surface area contributed by atoms with E-state index in [-0.39, 0.29) is 12.1 Å². The fraction of sp³-hybridized carbons (Fsp3) is 0.600. The Bertz CT molecular complexity index is 540. The van der Waals surface area contributed by atoms with Gasteiger partial charge in [0.1, 0.15) is 0 Å². The predicted octanol–water partition coefficient (Wildman–Crippen LogP) is -0.928. The van der Waals surface area contributed by atoms with Crippen LogP contribution in [0.3, 0.4) is 0 Å². The van der Waals surface area contributed by atoms with E-state index in [4.69, 9.17) is 10.5 Å². The molecule has 1 aliphatic heterocycles. The smallest absolute Gasteiger partial charge is 0.199 e. The molecule has 0 spiro atoms. The first kappa shape index (κ1) is 11.3.